The van der Waals surface area contributed by atoms with E-state index >= 15 is 0 Å². The Labute approximate surface area is 108 Å². The van der Waals surface area contributed by atoms with Crippen molar-refractivity contribution in [3.05, 3.63) is 28.8 Å². The van der Waals surface area contributed by atoms with Gasteiger partial charge in [-0.05, 0) is 26.1 Å². The topological polar surface area (TPSA) is 24.5 Å². The molecule has 0 aromatic heterocycles. The number of anilines is 1. The Bertz CT molecular complexity index is 384. The van der Waals surface area contributed by atoms with E-state index in [0.717, 1.165) is 31.3 Å². The third kappa shape index (κ3) is 2.73. The highest BCUT2D eigenvalue weighted by Gasteiger charge is 2.21. The van der Waals surface area contributed by atoms with Gasteiger partial charge in [0, 0.05) is 35.4 Å². The highest BCUT2D eigenvalue weighted by Crippen LogP contribution is 2.29. The SMILES string of the molecule is CNCc1c(Cl)cccc1N1CCOCC1C. The van der Waals surface area contributed by atoms with Gasteiger partial charge in [-0.1, -0.05) is 17.7 Å². The van der Waals surface area contributed by atoms with Crippen molar-refractivity contribution in [1.29, 1.82) is 0 Å². The highest BCUT2D eigenvalue weighted by atomic mass is 35.5. The zero-order valence-electron chi connectivity index (χ0n) is 10.4. The molecule has 1 aromatic rings. The lowest BCUT2D eigenvalue weighted by Gasteiger charge is -2.36. The first kappa shape index (κ1) is 12.7. The van der Waals surface area contributed by atoms with Crippen LogP contribution in [0.2, 0.25) is 5.02 Å². The van der Waals surface area contributed by atoms with Gasteiger partial charge < -0.3 is 15.0 Å². The number of halogens is 1. The van der Waals surface area contributed by atoms with E-state index in [-0.39, 0.29) is 0 Å². The summed E-state index contributed by atoms with van der Waals surface area (Å²) >= 11 is 6.28. The number of hydrogen-bond acceptors (Lipinski definition) is 3. The van der Waals surface area contributed by atoms with Crippen molar-refractivity contribution in [2.45, 2.75) is 19.5 Å². The van der Waals surface area contributed by atoms with E-state index in [4.69, 9.17) is 16.3 Å². The molecule has 2 rings (SSSR count). The van der Waals surface area contributed by atoms with Crippen molar-refractivity contribution in [2.24, 2.45) is 0 Å². The summed E-state index contributed by atoms with van der Waals surface area (Å²) in [6.07, 6.45) is 0. The monoisotopic (exact) mass is 254 g/mol. The molecule has 1 N–H and O–H groups in total. The molecule has 4 heteroatoms. The first-order valence-corrected chi connectivity index (χ1v) is 6.38. The van der Waals surface area contributed by atoms with Gasteiger partial charge in [-0.25, -0.2) is 0 Å². The molecule has 1 aliphatic heterocycles. The van der Waals surface area contributed by atoms with E-state index in [2.05, 4.69) is 23.2 Å². The molecule has 94 valence electrons. The molecule has 0 spiro atoms. The van der Waals surface area contributed by atoms with Crippen LogP contribution in [0.5, 0.6) is 0 Å². The molecule has 1 aliphatic rings. The molecule has 0 radical (unpaired) electrons. The average Bonchev–Trinajstić information content (AvgIpc) is 2.33. The van der Waals surface area contributed by atoms with E-state index in [1.807, 2.05) is 19.2 Å². The lowest BCUT2D eigenvalue weighted by atomic mass is 10.1. The van der Waals surface area contributed by atoms with Crippen molar-refractivity contribution in [3.63, 3.8) is 0 Å². The fourth-order valence-corrected chi connectivity index (χ4v) is 2.49. The molecule has 1 saturated heterocycles. The molecule has 1 atom stereocenters. The highest BCUT2D eigenvalue weighted by molar-refractivity contribution is 6.31. The number of benzene rings is 1. The summed E-state index contributed by atoms with van der Waals surface area (Å²) < 4.78 is 5.47. The van der Waals surface area contributed by atoms with Crippen LogP contribution in [0.15, 0.2) is 18.2 Å². The molecule has 1 heterocycles. The fourth-order valence-electron chi connectivity index (χ4n) is 2.25. The van der Waals surface area contributed by atoms with Crippen LogP contribution in [0, 0.1) is 0 Å². The first-order chi connectivity index (χ1) is 8.24. The minimum atomic E-state index is 0.401. The molecule has 1 unspecified atom stereocenters. The number of morpholine rings is 1. The van der Waals surface area contributed by atoms with Gasteiger partial charge in [0.15, 0.2) is 0 Å². The van der Waals surface area contributed by atoms with Gasteiger partial charge in [0.25, 0.3) is 0 Å². The molecule has 0 amide bonds. The van der Waals surface area contributed by atoms with Crippen LogP contribution in [0.3, 0.4) is 0 Å². The second-order valence-electron chi connectivity index (χ2n) is 4.39. The quantitative estimate of drug-likeness (QED) is 0.896. The number of rotatable bonds is 3. The molecular weight excluding hydrogens is 236 g/mol. The summed E-state index contributed by atoms with van der Waals surface area (Å²) in [7, 11) is 1.94. The van der Waals surface area contributed by atoms with E-state index in [9.17, 15) is 0 Å². The number of nitrogens with one attached hydrogen (secondary N) is 1. The molecule has 1 aromatic carbocycles. The summed E-state index contributed by atoms with van der Waals surface area (Å²) in [5, 5.41) is 4.01. The Kier molecular flexibility index (Phi) is 4.26. The van der Waals surface area contributed by atoms with Gasteiger partial charge in [-0.2, -0.15) is 0 Å². The van der Waals surface area contributed by atoms with E-state index in [0.29, 0.717) is 6.04 Å². The van der Waals surface area contributed by atoms with E-state index in [1.165, 1.54) is 11.3 Å². The van der Waals surface area contributed by atoms with Gasteiger partial charge in [0.1, 0.15) is 0 Å². The van der Waals surface area contributed by atoms with Crippen LogP contribution < -0.4 is 10.2 Å². The Hall–Kier alpha value is -0.770. The largest absolute Gasteiger partial charge is 0.377 e. The first-order valence-electron chi connectivity index (χ1n) is 6.00. The van der Waals surface area contributed by atoms with Crippen molar-refractivity contribution in [3.8, 4) is 0 Å². The number of ether oxygens (including phenoxy) is 1. The van der Waals surface area contributed by atoms with Crippen molar-refractivity contribution in [1.82, 2.24) is 5.32 Å². The zero-order valence-corrected chi connectivity index (χ0v) is 11.1. The maximum atomic E-state index is 6.28. The minimum absolute atomic E-state index is 0.401. The Morgan fingerprint density at radius 3 is 3.06 bits per heavy atom. The van der Waals surface area contributed by atoms with Crippen molar-refractivity contribution in [2.75, 3.05) is 31.7 Å². The Balaban J connectivity index is 2.32. The van der Waals surface area contributed by atoms with Gasteiger partial charge in [0.2, 0.25) is 0 Å². The lowest BCUT2D eigenvalue weighted by molar-refractivity contribution is 0.0988. The molecule has 17 heavy (non-hydrogen) atoms. The third-order valence-electron chi connectivity index (χ3n) is 3.12. The second kappa shape index (κ2) is 5.71. The summed E-state index contributed by atoms with van der Waals surface area (Å²) in [4.78, 5) is 2.38. The van der Waals surface area contributed by atoms with Crippen LogP contribution in [0.25, 0.3) is 0 Å². The molecule has 3 nitrogen and oxygen atoms in total. The predicted molar refractivity (Wildman–Crippen MR) is 71.8 cm³/mol. The van der Waals surface area contributed by atoms with Crippen LogP contribution in [0.1, 0.15) is 12.5 Å². The zero-order chi connectivity index (χ0) is 12.3. The molecule has 0 aliphatic carbocycles. The van der Waals surface area contributed by atoms with E-state index < -0.39 is 0 Å². The van der Waals surface area contributed by atoms with Crippen LogP contribution >= 0.6 is 11.6 Å². The van der Waals surface area contributed by atoms with Crippen LogP contribution in [0.4, 0.5) is 5.69 Å². The third-order valence-corrected chi connectivity index (χ3v) is 3.48. The molecule has 1 fully saturated rings. The minimum Gasteiger partial charge on any atom is -0.377 e. The maximum Gasteiger partial charge on any atom is 0.0668 e. The van der Waals surface area contributed by atoms with Gasteiger partial charge in [0.05, 0.1) is 13.2 Å². The summed E-state index contributed by atoms with van der Waals surface area (Å²) in [5.41, 5.74) is 2.40. The average molecular weight is 255 g/mol. The van der Waals surface area contributed by atoms with Crippen molar-refractivity contribution < 1.29 is 4.74 Å². The Morgan fingerprint density at radius 1 is 1.53 bits per heavy atom. The van der Waals surface area contributed by atoms with Gasteiger partial charge in [-0.3, -0.25) is 0 Å². The standard InChI is InChI=1S/C13H19ClN2O/c1-10-9-17-7-6-16(10)13-5-3-4-12(14)11(13)8-15-2/h3-5,10,15H,6-9H2,1-2H3. The summed E-state index contributed by atoms with van der Waals surface area (Å²) in [6, 6.07) is 6.50. The van der Waals surface area contributed by atoms with Gasteiger partial charge >= 0.3 is 0 Å². The lowest BCUT2D eigenvalue weighted by Crippen LogP contribution is -2.44. The number of hydrogen-bond donors (Lipinski definition) is 1. The molecule has 0 bridgehead atoms. The van der Waals surface area contributed by atoms with Crippen molar-refractivity contribution >= 4 is 17.3 Å². The summed E-state index contributed by atoms with van der Waals surface area (Å²) in [5.74, 6) is 0. The maximum absolute atomic E-state index is 6.28. The smallest absolute Gasteiger partial charge is 0.0668 e. The van der Waals surface area contributed by atoms with Crippen LogP contribution in [-0.2, 0) is 11.3 Å². The normalized spacial score (nSPS) is 20.6. The number of nitrogens with zero attached hydrogens (tertiary/aromatic N) is 1. The fraction of sp³-hybridized carbons (Fsp3) is 0.538. The second-order valence-corrected chi connectivity index (χ2v) is 4.79. The molecular formula is C13H19ClN2O. The van der Waals surface area contributed by atoms with Gasteiger partial charge in [-0.15, -0.1) is 0 Å². The predicted octanol–water partition coefficient (Wildman–Crippen LogP) is 2.28. The Morgan fingerprint density at radius 2 is 2.35 bits per heavy atom. The van der Waals surface area contributed by atoms with E-state index in [1.54, 1.807) is 0 Å². The molecule has 0 saturated carbocycles. The van der Waals surface area contributed by atoms with Crippen LogP contribution in [-0.4, -0.2) is 32.8 Å². The summed E-state index contributed by atoms with van der Waals surface area (Å²) in [6.45, 7) is 5.47.